The average Bonchev–Trinajstić information content (AvgIpc) is 3.06. The Labute approximate surface area is 142 Å². The Kier molecular flexibility index (Phi) is 5.69. The zero-order valence-corrected chi connectivity index (χ0v) is 13.0. The Morgan fingerprint density at radius 1 is 0.955 bits per heavy atom. The van der Waals surface area contributed by atoms with Crippen LogP contribution >= 0.6 is 23.2 Å². The lowest BCUT2D eigenvalue weighted by molar-refractivity contribution is 0.180. The first-order valence-corrected chi connectivity index (χ1v) is 7.80. The third-order valence-electron chi connectivity index (χ3n) is 3.90. The Morgan fingerprint density at radius 2 is 1.64 bits per heavy atom. The standard InChI is InChI=1S/C9H9ClO.C9H7Cl.CH4/c10-7-3-1-6-2-4-9(11)8(6)5-7;10-9-5-4-7-2-1-3-8(7)6-9;/h1,3,5,9,11H,2,4H2;1,3-6H,2H2;1H4. The summed E-state index contributed by atoms with van der Waals surface area (Å²) in [6.45, 7) is 0. The third-order valence-corrected chi connectivity index (χ3v) is 4.37. The van der Waals surface area contributed by atoms with Gasteiger partial charge in [0.05, 0.1) is 6.10 Å². The lowest BCUT2D eigenvalue weighted by Crippen LogP contribution is -1.89. The largest absolute Gasteiger partial charge is 0.388 e. The normalized spacial score (nSPS) is 17.1. The van der Waals surface area contributed by atoms with E-state index in [-0.39, 0.29) is 13.5 Å². The van der Waals surface area contributed by atoms with Crippen molar-refractivity contribution in [2.45, 2.75) is 32.8 Å². The number of aliphatic hydroxyl groups is 1. The molecule has 0 saturated heterocycles. The van der Waals surface area contributed by atoms with Crippen molar-refractivity contribution in [1.29, 1.82) is 0 Å². The zero-order chi connectivity index (χ0) is 14.8. The van der Waals surface area contributed by atoms with Gasteiger partial charge in [-0.15, -0.1) is 0 Å². The zero-order valence-electron chi connectivity index (χ0n) is 11.5. The summed E-state index contributed by atoms with van der Waals surface area (Å²) in [5, 5.41) is 11.0. The van der Waals surface area contributed by atoms with E-state index in [1.165, 1.54) is 16.7 Å². The monoisotopic (exact) mass is 334 g/mol. The molecule has 22 heavy (non-hydrogen) atoms. The molecule has 2 aromatic carbocycles. The SMILES string of the molecule is C.Clc1ccc2c(c1)C=CC2.OC1CCc2ccc(Cl)cc21. The fraction of sp³-hybridized carbons (Fsp3) is 0.263. The van der Waals surface area contributed by atoms with Crippen LogP contribution in [0.5, 0.6) is 0 Å². The predicted octanol–water partition coefficient (Wildman–Crippen LogP) is 5.87. The van der Waals surface area contributed by atoms with Crippen LogP contribution in [0.1, 0.15) is 42.2 Å². The molecule has 1 unspecified atom stereocenters. The molecule has 0 aliphatic heterocycles. The maximum Gasteiger partial charge on any atom is 0.0796 e. The molecule has 0 bridgehead atoms. The first-order valence-electron chi connectivity index (χ1n) is 7.05. The summed E-state index contributed by atoms with van der Waals surface area (Å²) < 4.78 is 0. The Balaban J connectivity index is 0.000000154. The number of benzene rings is 2. The molecule has 2 aliphatic carbocycles. The molecule has 0 fully saturated rings. The van der Waals surface area contributed by atoms with Gasteiger partial charge in [-0.2, -0.15) is 0 Å². The summed E-state index contributed by atoms with van der Waals surface area (Å²) in [4.78, 5) is 0. The number of aliphatic hydroxyl groups excluding tert-OH is 1. The van der Waals surface area contributed by atoms with Gasteiger partial charge in [0.15, 0.2) is 0 Å². The summed E-state index contributed by atoms with van der Waals surface area (Å²) in [7, 11) is 0. The lowest BCUT2D eigenvalue weighted by atomic mass is 10.1. The van der Waals surface area contributed by atoms with E-state index < -0.39 is 0 Å². The van der Waals surface area contributed by atoms with E-state index in [1.54, 1.807) is 0 Å². The van der Waals surface area contributed by atoms with Crippen molar-refractivity contribution in [3.05, 3.63) is 74.8 Å². The van der Waals surface area contributed by atoms with Crippen LogP contribution < -0.4 is 0 Å². The summed E-state index contributed by atoms with van der Waals surface area (Å²) in [6.07, 6.45) is 6.86. The summed E-state index contributed by atoms with van der Waals surface area (Å²) >= 11 is 11.6. The van der Waals surface area contributed by atoms with Crippen molar-refractivity contribution in [3.8, 4) is 0 Å². The van der Waals surface area contributed by atoms with Crippen molar-refractivity contribution in [3.63, 3.8) is 0 Å². The number of aryl methyl sites for hydroxylation is 1. The second-order valence-corrected chi connectivity index (χ2v) is 6.22. The number of rotatable bonds is 0. The van der Waals surface area contributed by atoms with E-state index in [4.69, 9.17) is 23.2 Å². The third kappa shape index (κ3) is 3.73. The lowest BCUT2D eigenvalue weighted by Gasteiger charge is -2.02. The average molecular weight is 335 g/mol. The molecule has 4 rings (SSSR count). The molecule has 0 radical (unpaired) electrons. The van der Waals surface area contributed by atoms with Gasteiger partial charge in [0.25, 0.3) is 0 Å². The highest BCUT2D eigenvalue weighted by Gasteiger charge is 2.19. The van der Waals surface area contributed by atoms with Gasteiger partial charge in [-0.05, 0) is 65.8 Å². The summed E-state index contributed by atoms with van der Waals surface area (Å²) in [5.74, 6) is 0. The topological polar surface area (TPSA) is 20.2 Å². The first-order chi connectivity index (χ1) is 10.1. The van der Waals surface area contributed by atoms with Crippen LogP contribution in [-0.2, 0) is 12.8 Å². The molecule has 3 heteroatoms. The molecule has 1 N–H and O–H groups in total. The second-order valence-electron chi connectivity index (χ2n) is 5.35. The van der Waals surface area contributed by atoms with Crippen LogP contribution in [-0.4, -0.2) is 5.11 Å². The minimum atomic E-state index is -0.288. The van der Waals surface area contributed by atoms with Crippen molar-refractivity contribution < 1.29 is 5.11 Å². The van der Waals surface area contributed by atoms with Gasteiger partial charge in [-0.3, -0.25) is 0 Å². The fourth-order valence-electron chi connectivity index (χ4n) is 2.77. The molecule has 0 amide bonds. The van der Waals surface area contributed by atoms with Gasteiger partial charge in [0, 0.05) is 10.0 Å². The van der Waals surface area contributed by atoms with Crippen molar-refractivity contribution in [2.75, 3.05) is 0 Å². The Morgan fingerprint density at radius 3 is 2.41 bits per heavy atom. The number of halogens is 2. The molecule has 2 aliphatic rings. The van der Waals surface area contributed by atoms with E-state index in [9.17, 15) is 5.11 Å². The first kappa shape index (κ1) is 17.1. The van der Waals surface area contributed by atoms with E-state index in [0.717, 1.165) is 29.8 Å². The van der Waals surface area contributed by atoms with Crippen LogP contribution in [0.2, 0.25) is 10.0 Å². The van der Waals surface area contributed by atoms with Gasteiger partial charge in [-0.1, -0.05) is 54.9 Å². The minimum absolute atomic E-state index is 0. The van der Waals surface area contributed by atoms with Gasteiger partial charge in [-0.25, -0.2) is 0 Å². The Bertz CT molecular complexity index is 692. The van der Waals surface area contributed by atoms with E-state index in [2.05, 4.69) is 18.2 Å². The highest BCUT2D eigenvalue weighted by molar-refractivity contribution is 6.31. The van der Waals surface area contributed by atoms with Crippen molar-refractivity contribution in [2.24, 2.45) is 0 Å². The molecule has 1 atom stereocenters. The molecular formula is C19H20Cl2O. The van der Waals surface area contributed by atoms with Gasteiger partial charge in [0.1, 0.15) is 0 Å². The number of hydrogen-bond acceptors (Lipinski definition) is 1. The second kappa shape index (κ2) is 7.32. The van der Waals surface area contributed by atoms with E-state index >= 15 is 0 Å². The van der Waals surface area contributed by atoms with E-state index in [1.807, 2.05) is 30.3 Å². The Hall–Kier alpha value is -1.28. The molecule has 2 aromatic rings. The van der Waals surface area contributed by atoms with Crippen LogP contribution in [0.25, 0.3) is 6.08 Å². The smallest absolute Gasteiger partial charge is 0.0796 e. The highest BCUT2D eigenvalue weighted by Crippen LogP contribution is 2.32. The van der Waals surface area contributed by atoms with Crippen LogP contribution in [0, 0.1) is 0 Å². The van der Waals surface area contributed by atoms with Crippen molar-refractivity contribution >= 4 is 29.3 Å². The molecule has 116 valence electrons. The van der Waals surface area contributed by atoms with Crippen LogP contribution in [0.15, 0.2) is 42.5 Å². The predicted molar refractivity (Wildman–Crippen MR) is 95.7 cm³/mol. The number of allylic oxidation sites excluding steroid dienone is 1. The van der Waals surface area contributed by atoms with Crippen LogP contribution in [0.3, 0.4) is 0 Å². The minimum Gasteiger partial charge on any atom is -0.388 e. The quantitative estimate of drug-likeness (QED) is 0.639. The van der Waals surface area contributed by atoms with Gasteiger partial charge >= 0.3 is 0 Å². The molecule has 0 aromatic heterocycles. The molecule has 0 spiro atoms. The molecular weight excluding hydrogens is 315 g/mol. The summed E-state index contributed by atoms with van der Waals surface area (Å²) in [5.41, 5.74) is 4.90. The highest BCUT2D eigenvalue weighted by atomic mass is 35.5. The van der Waals surface area contributed by atoms with Crippen LogP contribution in [0.4, 0.5) is 0 Å². The molecule has 0 heterocycles. The number of hydrogen-bond donors (Lipinski definition) is 1. The molecule has 1 nitrogen and oxygen atoms in total. The fourth-order valence-corrected chi connectivity index (χ4v) is 3.13. The molecule has 0 saturated carbocycles. The van der Waals surface area contributed by atoms with E-state index in [0.29, 0.717) is 5.02 Å². The van der Waals surface area contributed by atoms with Gasteiger partial charge in [0.2, 0.25) is 0 Å². The van der Waals surface area contributed by atoms with Gasteiger partial charge < -0.3 is 5.11 Å². The maximum absolute atomic E-state index is 9.45. The summed E-state index contributed by atoms with van der Waals surface area (Å²) in [6, 6.07) is 11.7. The maximum atomic E-state index is 9.45. The van der Waals surface area contributed by atoms with Crippen molar-refractivity contribution in [1.82, 2.24) is 0 Å². The number of fused-ring (bicyclic) bond motifs is 2.